The van der Waals surface area contributed by atoms with Gasteiger partial charge in [0.1, 0.15) is 0 Å². The summed E-state index contributed by atoms with van der Waals surface area (Å²) in [5.74, 6) is 2.09. The third-order valence-corrected chi connectivity index (χ3v) is 4.76. The molecular formula is C17H26ClNO2. The lowest BCUT2D eigenvalue weighted by Crippen LogP contribution is -2.34. The van der Waals surface area contributed by atoms with Crippen LogP contribution in [0, 0.1) is 5.92 Å². The largest absolute Gasteiger partial charge is 0.493 e. The fraction of sp³-hybridized carbons (Fsp3) is 0.647. The number of benzene rings is 1. The Labute approximate surface area is 133 Å². The normalized spacial score (nSPS) is 17.5. The van der Waals surface area contributed by atoms with E-state index in [1.807, 2.05) is 12.1 Å². The predicted molar refractivity (Wildman–Crippen MR) is 87.4 cm³/mol. The molecule has 1 fully saturated rings. The van der Waals surface area contributed by atoms with E-state index in [2.05, 4.69) is 12.2 Å². The van der Waals surface area contributed by atoms with Crippen molar-refractivity contribution < 1.29 is 9.47 Å². The van der Waals surface area contributed by atoms with Crippen LogP contribution in [0.2, 0.25) is 5.02 Å². The number of nitrogens with one attached hydrogen (secondary N) is 1. The molecule has 0 heterocycles. The van der Waals surface area contributed by atoms with Crippen molar-refractivity contribution in [1.29, 1.82) is 0 Å². The molecule has 1 saturated carbocycles. The highest BCUT2D eigenvalue weighted by Gasteiger charge is 2.19. The van der Waals surface area contributed by atoms with Gasteiger partial charge in [0.2, 0.25) is 0 Å². The van der Waals surface area contributed by atoms with Gasteiger partial charge in [-0.3, -0.25) is 0 Å². The van der Waals surface area contributed by atoms with Gasteiger partial charge in [0.05, 0.1) is 19.2 Å². The third kappa shape index (κ3) is 4.27. The van der Waals surface area contributed by atoms with Gasteiger partial charge in [0.15, 0.2) is 11.5 Å². The molecule has 0 spiro atoms. The molecule has 0 saturated heterocycles. The molecule has 4 heteroatoms. The zero-order chi connectivity index (χ0) is 15.2. The standard InChI is InChI=1S/C17H26ClNO2/c1-12(14-7-5-4-6-8-14)19-11-13-9-15(18)17(21-3)16(10-13)20-2/h9-10,12,14,19H,4-8,11H2,1-3H3/t12-/m1/s1. The van der Waals surface area contributed by atoms with Crippen LogP contribution >= 0.6 is 11.6 Å². The summed E-state index contributed by atoms with van der Waals surface area (Å²) in [7, 11) is 3.24. The molecule has 0 radical (unpaired) electrons. The first-order valence-corrected chi connectivity index (χ1v) is 8.17. The average molecular weight is 312 g/mol. The van der Waals surface area contributed by atoms with E-state index in [1.165, 1.54) is 32.1 Å². The second kappa shape index (κ2) is 7.90. The van der Waals surface area contributed by atoms with Crippen LogP contribution in [-0.2, 0) is 6.54 Å². The predicted octanol–water partition coefficient (Wildman–Crippen LogP) is 4.42. The first-order valence-electron chi connectivity index (χ1n) is 7.79. The Kier molecular flexibility index (Phi) is 6.19. The molecule has 0 unspecified atom stereocenters. The van der Waals surface area contributed by atoms with E-state index < -0.39 is 0 Å². The van der Waals surface area contributed by atoms with Crippen LogP contribution in [0.1, 0.15) is 44.6 Å². The molecule has 1 aliphatic carbocycles. The number of halogens is 1. The number of ether oxygens (including phenoxy) is 2. The summed E-state index contributed by atoms with van der Waals surface area (Å²) in [5, 5.41) is 4.23. The lowest BCUT2D eigenvalue weighted by atomic mass is 9.84. The molecule has 1 aromatic rings. The Morgan fingerprint density at radius 1 is 1.19 bits per heavy atom. The van der Waals surface area contributed by atoms with E-state index in [0.29, 0.717) is 22.6 Å². The first-order chi connectivity index (χ1) is 10.2. The maximum atomic E-state index is 6.24. The van der Waals surface area contributed by atoms with Gasteiger partial charge in [-0.2, -0.15) is 0 Å². The van der Waals surface area contributed by atoms with Gasteiger partial charge >= 0.3 is 0 Å². The molecule has 118 valence electrons. The van der Waals surface area contributed by atoms with Crippen LogP contribution in [0.4, 0.5) is 0 Å². The Hall–Kier alpha value is -0.930. The van der Waals surface area contributed by atoms with Gasteiger partial charge in [-0.1, -0.05) is 30.9 Å². The summed E-state index contributed by atoms with van der Waals surface area (Å²) < 4.78 is 10.6. The van der Waals surface area contributed by atoms with E-state index >= 15 is 0 Å². The van der Waals surface area contributed by atoms with Crippen LogP contribution in [-0.4, -0.2) is 20.3 Å². The van der Waals surface area contributed by atoms with Gasteiger partial charge in [-0.05, 0) is 43.4 Å². The van der Waals surface area contributed by atoms with Crippen LogP contribution in [0.15, 0.2) is 12.1 Å². The van der Waals surface area contributed by atoms with Gasteiger partial charge < -0.3 is 14.8 Å². The molecule has 0 amide bonds. The van der Waals surface area contributed by atoms with Crippen molar-refractivity contribution in [1.82, 2.24) is 5.32 Å². The smallest absolute Gasteiger partial charge is 0.179 e. The molecule has 3 nitrogen and oxygen atoms in total. The van der Waals surface area contributed by atoms with Crippen molar-refractivity contribution in [3.8, 4) is 11.5 Å². The number of methoxy groups -OCH3 is 2. The summed E-state index contributed by atoms with van der Waals surface area (Å²) in [6.45, 7) is 3.09. The lowest BCUT2D eigenvalue weighted by molar-refractivity contribution is 0.280. The minimum absolute atomic E-state index is 0.539. The van der Waals surface area contributed by atoms with Crippen LogP contribution in [0.5, 0.6) is 11.5 Å². The van der Waals surface area contributed by atoms with Crippen molar-refractivity contribution >= 4 is 11.6 Å². The summed E-state index contributed by atoms with van der Waals surface area (Å²) in [4.78, 5) is 0. The Morgan fingerprint density at radius 3 is 2.52 bits per heavy atom. The fourth-order valence-electron chi connectivity index (χ4n) is 3.15. The molecule has 1 N–H and O–H groups in total. The molecule has 0 aliphatic heterocycles. The quantitative estimate of drug-likeness (QED) is 0.844. The maximum Gasteiger partial charge on any atom is 0.179 e. The van der Waals surface area contributed by atoms with Crippen LogP contribution in [0.25, 0.3) is 0 Å². The maximum absolute atomic E-state index is 6.24. The Morgan fingerprint density at radius 2 is 1.90 bits per heavy atom. The second-order valence-corrected chi connectivity index (χ2v) is 6.29. The van der Waals surface area contributed by atoms with Gasteiger partial charge in [0.25, 0.3) is 0 Å². The monoisotopic (exact) mass is 311 g/mol. The van der Waals surface area contributed by atoms with Gasteiger partial charge in [-0.25, -0.2) is 0 Å². The van der Waals surface area contributed by atoms with Gasteiger partial charge in [-0.15, -0.1) is 0 Å². The van der Waals surface area contributed by atoms with Crippen molar-refractivity contribution in [2.45, 2.75) is 51.6 Å². The second-order valence-electron chi connectivity index (χ2n) is 5.88. The summed E-state index contributed by atoms with van der Waals surface area (Å²) >= 11 is 6.24. The van der Waals surface area contributed by atoms with E-state index in [1.54, 1.807) is 14.2 Å². The van der Waals surface area contributed by atoms with Gasteiger partial charge in [0, 0.05) is 12.6 Å². The van der Waals surface area contributed by atoms with Crippen LogP contribution < -0.4 is 14.8 Å². The number of rotatable bonds is 6. The van der Waals surface area contributed by atoms with Crippen molar-refractivity contribution in [3.05, 3.63) is 22.7 Å². The van der Waals surface area contributed by atoms with E-state index in [0.717, 1.165) is 18.0 Å². The minimum atomic E-state index is 0.539. The first kappa shape index (κ1) is 16.4. The average Bonchev–Trinajstić information content (AvgIpc) is 2.52. The zero-order valence-electron chi connectivity index (χ0n) is 13.2. The molecule has 1 aromatic carbocycles. The SMILES string of the molecule is COc1cc(CN[C@H](C)C2CCCCC2)cc(Cl)c1OC. The summed E-state index contributed by atoms with van der Waals surface area (Å²) in [5.41, 5.74) is 1.13. The van der Waals surface area contributed by atoms with E-state index in [9.17, 15) is 0 Å². The van der Waals surface area contributed by atoms with E-state index in [4.69, 9.17) is 21.1 Å². The zero-order valence-corrected chi connectivity index (χ0v) is 14.0. The fourth-order valence-corrected chi connectivity index (χ4v) is 3.46. The molecule has 0 bridgehead atoms. The topological polar surface area (TPSA) is 30.5 Å². The number of hydrogen-bond donors (Lipinski definition) is 1. The highest BCUT2D eigenvalue weighted by Crippen LogP contribution is 2.36. The highest BCUT2D eigenvalue weighted by molar-refractivity contribution is 6.32. The summed E-state index contributed by atoms with van der Waals surface area (Å²) in [6, 6.07) is 4.48. The van der Waals surface area contributed by atoms with Crippen LogP contribution in [0.3, 0.4) is 0 Å². The molecular weight excluding hydrogens is 286 g/mol. The Bertz CT molecular complexity index is 458. The van der Waals surface area contributed by atoms with Crippen molar-refractivity contribution in [3.63, 3.8) is 0 Å². The molecule has 2 rings (SSSR count). The van der Waals surface area contributed by atoms with Crippen molar-refractivity contribution in [2.75, 3.05) is 14.2 Å². The third-order valence-electron chi connectivity index (χ3n) is 4.48. The highest BCUT2D eigenvalue weighted by atomic mass is 35.5. The molecule has 0 aromatic heterocycles. The molecule has 21 heavy (non-hydrogen) atoms. The molecule has 1 atom stereocenters. The minimum Gasteiger partial charge on any atom is -0.493 e. The Balaban J connectivity index is 1.97. The lowest BCUT2D eigenvalue weighted by Gasteiger charge is -2.28. The molecule has 1 aliphatic rings. The number of hydrogen-bond acceptors (Lipinski definition) is 3. The summed E-state index contributed by atoms with van der Waals surface area (Å²) in [6.07, 6.45) is 6.84. The van der Waals surface area contributed by atoms with Crippen molar-refractivity contribution in [2.24, 2.45) is 5.92 Å². The van der Waals surface area contributed by atoms with E-state index in [-0.39, 0.29) is 0 Å².